The third-order valence-corrected chi connectivity index (χ3v) is 1.59. The quantitative estimate of drug-likeness (QED) is 0.447. The van der Waals surface area contributed by atoms with E-state index in [1.165, 1.54) is 13.2 Å². The van der Waals surface area contributed by atoms with E-state index in [1.54, 1.807) is 6.92 Å². The summed E-state index contributed by atoms with van der Waals surface area (Å²) in [5.41, 5.74) is 5.33. The molecular formula is C7H11N5O2. The van der Waals surface area contributed by atoms with Crippen molar-refractivity contribution in [3.8, 4) is 0 Å². The fourth-order valence-electron chi connectivity index (χ4n) is 0.832. The van der Waals surface area contributed by atoms with Crippen LogP contribution in [-0.4, -0.2) is 29.2 Å². The number of hydrogen-bond donors (Lipinski definition) is 4. The molecule has 0 unspecified atom stereocenters. The Morgan fingerprint density at radius 1 is 1.43 bits per heavy atom. The lowest BCUT2D eigenvalue weighted by molar-refractivity contribution is 0.0936. The number of aromatic amines is 1. The zero-order valence-corrected chi connectivity index (χ0v) is 7.84. The minimum absolute atomic E-state index is 0.390. The van der Waals surface area contributed by atoms with Gasteiger partial charge in [-0.15, -0.1) is 0 Å². The minimum atomic E-state index is -0.487. The van der Waals surface area contributed by atoms with Crippen molar-refractivity contribution in [2.45, 2.75) is 6.92 Å². The number of urea groups is 1. The maximum atomic E-state index is 11.3. The second-order valence-electron chi connectivity index (χ2n) is 2.54. The third kappa shape index (κ3) is 2.22. The molecule has 0 aromatic carbocycles. The smallest absolute Gasteiger partial charge is 0.333 e. The molecule has 0 aliphatic carbocycles. The molecule has 0 aliphatic heterocycles. The number of rotatable bonds is 1. The van der Waals surface area contributed by atoms with E-state index in [1.807, 2.05) is 0 Å². The number of carbonyl (C=O) groups is 2. The first-order valence-corrected chi connectivity index (χ1v) is 3.93. The number of aromatic nitrogens is 2. The van der Waals surface area contributed by atoms with Gasteiger partial charge in [-0.05, 0) is 6.92 Å². The van der Waals surface area contributed by atoms with Crippen molar-refractivity contribution < 1.29 is 9.59 Å². The van der Waals surface area contributed by atoms with Gasteiger partial charge in [-0.3, -0.25) is 15.3 Å². The van der Waals surface area contributed by atoms with Crippen LogP contribution in [0.3, 0.4) is 0 Å². The number of hydrazine groups is 1. The van der Waals surface area contributed by atoms with Gasteiger partial charge >= 0.3 is 6.03 Å². The van der Waals surface area contributed by atoms with Crippen molar-refractivity contribution in [2.24, 2.45) is 0 Å². The Hall–Kier alpha value is -2.05. The molecule has 7 heteroatoms. The van der Waals surface area contributed by atoms with E-state index in [4.69, 9.17) is 0 Å². The highest BCUT2D eigenvalue weighted by molar-refractivity contribution is 5.95. The van der Waals surface area contributed by atoms with Crippen LogP contribution in [0.2, 0.25) is 0 Å². The van der Waals surface area contributed by atoms with Gasteiger partial charge in [-0.25, -0.2) is 10.2 Å². The highest BCUT2D eigenvalue weighted by Gasteiger charge is 2.10. The summed E-state index contributed by atoms with van der Waals surface area (Å²) in [7, 11) is 1.45. The summed E-state index contributed by atoms with van der Waals surface area (Å²) in [5.74, 6) is -0.417. The van der Waals surface area contributed by atoms with Gasteiger partial charge in [0.25, 0.3) is 5.91 Å². The number of hydrogen-bond acceptors (Lipinski definition) is 3. The predicted molar refractivity (Wildman–Crippen MR) is 48.4 cm³/mol. The first-order valence-electron chi connectivity index (χ1n) is 3.93. The Morgan fingerprint density at radius 3 is 2.64 bits per heavy atom. The molecule has 0 radical (unpaired) electrons. The first-order chi connectivity index (χ1) is 6.65. The molecular weight excluding hydrogens is 186 g/mol. The molecule has 3 amide bonds. The number of nitrogens with one attached hydrogen (secondary N) is 4. The second-order valence-corrected chi connectivity index (χ2v) is 2.54. The molecule has 0 saturated carbocycles. The Balaban J connectivity index is 2.52. The van der Waals surface area contributed by atoms with E-state index in [0.29, 0.717) is 11.3 Å². The lowest BCUT2D eigenvalue weighted by atomic mass is 10.2. The molecule has 7 nitrogen and oxygen atoms in total. The van der Waals surface area contributed by atoms with E-state index in [-0.39, 0.29) is 0 Å². The Bertz CT molecular complexity index is 346. The summed E-state index contributed by atoms with van der Waals surface area (Å²) in [6.07, 6.45) is 1.45. The topological polar surface area (TPSA) is 98.9 Å². The fraction of sp³-hybridized carbons (Fsp3) is 0.286. The molecule has 1 aromatic rings. The zero-order valence-electron chi connectivity index (χ0n) is 7.84. The molecule has 1 rings (SSSR count). The van der Waals surface area contributed by atoms with Crippen LogP contribution in [0.25, 0.3) is 0 Å². The van der Waals surface area contributed by atoms with Crippen molar-refractivity contribution in [1.82, 2.24) is 26.4 Å². The van der Waals surface area contributed by atoms with Crippen LogP contribution in [0.4, 0.5) is 4.79 Å². The minimum Gasteiger partial charge on any atom is -0.340 e. The van der Waals surface area contributed by atoms with E-state index >= 15 is 0 Å². The van der Waals surface area contributed by atoms with Crippen LogP contribution < -0.4 is 16.2 Å². The van der Waals surface area contributed by atoms with Gasteiger partial charge in [0.2, 0.25) is 0 Å². The van der Waals surface area contributed by atoms with Crippen molar-refractivity contribution in [1.29, 1.82) is 0 Å². The molecule has 1 aromatic heterocycles. The molecule has 0 spiro atoms. The van der Waals surface area contributed by atoms with Crippen molar-refractivity contribution in [3.05, 3.63) is 17.5 Å². The fourth-order valence-corrected chi connectivity index (χ4v) is 0.832. The van der Waals surface area contributed by atoms with Crippen LogP contribution in [0.5, 0.6) is 0 Å². The van der Waals surface area contributed by atoms with E-state index in [9.17, 15) is 9.59 Å². The summed E-state index contributed by atoms with van der Waals surface area (Å²) in [6.45, 7) is 1.69. The maximum Gasteiger partial charge on any atom is 0.333 e. The lowest BCUT2D eigenvalue weighted by Gasteiger charge is -2.04. The van der Waals surface area contributed by atoms with Gasteiger partial charge in [0.1, 0.15) is 0 Å². The maximum absolute atomic E-state index is 11.3. The first kappa shape index (κ1) is 10.0. The highest BCUT2D eigenvalue weighted by Crippen LogP contribution is 2.00. The lowest BCUT2D eigenvalue weighted by Crippen LogP contribution is -2.45. The monoisotopic (exact) mass is 197 g/mol. The molecule has 0 saturated heterocycles. The van der Waals surface area contributed by atoms with Gasteiger partial charge in [0.05, 0.1) is 11.3 Å². The van der Waals surface area contributed by atoms with Crippen LogP contribution >= 0.6 is 0 Å². The molecule has 4 N–H and O–H groups in total. The Kier molecular flexibility index (Phi) is 3.05. The van der Waals surface area contributed by atoms with Gasteiger partial charge in [0, 0.05) is 13.2 Å². The summed E-state index contributed by atoms with van der Waals surface area (Å²) in [5, 5.41) is 8.60. The van der Waals surface area contributed by atoms with Gasteiger partial charge in [0.15, 0.2) is 0 Å². The number of H-pyrrole nitrogens is 1. The summed E-state index contributed by atoms with van der Waals surface area (Å²) < 4.78 is 0. The molecule has 76 valence electrons. The molecule has 0 bridgehead atoms. The molecule has 0 fully saturated rings. The second kappa shape index (κ2) is 4.26. The molecule has 1 heterocycles. The van der Waals surface area contributed by atoms with E-state index in [0.717, 1.165) is 0 Å². The summed E-state index contributed by atoms with van der Waals surface area (Å²) >= 11 is 0. The third-order valence-electron chi connectivity index (χ3n) is 1.59. The number of aryl methyl sites for hydroxylation is 1. The van der Waals surface area contributed by atoms with Gasteiger partial charge < -0.3 is 5.32 Å². The highest BCUT2D eigenvalue weighted by atomic mass is 16.2. The van der Waals surface area contributed by atoms with Crippen LogP contribution in [0.15, 0.2) is 6.20 Å². The standard InChI is InChI=1S/C7H11N5O2/c1-4-5(3-9-10-4)6(13)11-12-7(14)8-2/h3H,1-2H3,(H,9,10)(H,11,13)(H2,8,12,14). The number of amides is 3. The molecule has 14 heavy (non-hydrogen) atoms. The van der Waals surface area contributed by atoms with Crippen molar-refractivity contribution in [3.63, 3.8) is 0 Å². The largest absolute Gasteiger partial charge is 0.340 e. The van der Waals surface area contributed by atoms with Crippen LogP contribution in [0.1, 0.15) is 16.1 Å². The summed E-state index contributed by atoms with van der Waals surface area (Å²) in [4.78, 5) is 22.0. The SMILES string of the molecule is CNC(=O)NNC(=O)c1c[nH]nc1C. The van der Waals surface area contributed by atoms with Gasteiger partial charge in [-0.2, -0.15) is 5.10 Å². The molecule has 0 aliphatic rings. The normalized spacial score (nSPS) is 9.29. The van der Waals surface area contributed by atoms with Crippen LogP contribution in [0, 0.1) is 6.92 Å². The van der Waals surface area contributed by atoms with Crippen LogP contribution in [-0.2, 0) is 0 Å². The number of nitrogens with zero attached hydrogens (tertiary/aromatic N) is 1. The predicted octanol–water partition coefficient (Wildman–Crippen LogP) is -0.708. The Morgan fingerprint density at radius 2 is 2.14 bits per heavy atom. The van der Waals surface area contributed by atoms with Crippen molar-refractivity contribution in [2.75, 3.05) is 7.05 Å². The average Bonchev–Trinajstić information content (AvgIpc) is 2.60. The van der Waals surface area contributed by atoms with Gasteiger partial charge in [-0.1, -0.05) is 0 Å². The zero-order chi connectivity index (χ0) is 10.6. The number of carbonyl (C=O) groups excluding carboxylic acids is 2. The van der Waals surface area contributed by atoms with Crippen molar-refractivity contribution >= 4 is 11.9 Å². The Labute approximate surface area is 80.2 Å². The van der Waals surface area contributed by atoms with E-state index < -0.39 is 11.9 Å². The molecule has 0 atom stereocenters. The van der Waals surface area contributed by atoms with E-state index in [2.05, 4.69) is 26.4 Å². The summed E-state index contributed by atoms with van der Waals surface area (Å²) in [6, 6.07) is -0.487. The average molecular weight is 197 g/mol.